The van der Waals surface area contributed by atoms with Crippen molar-refractivity contribution < 1.29 is 10.2 Å². The minimum Gasteiger partial charge on any atom is -0.508 e. The Bertz CT molecular complexity index is 942. The highest BCUT2D eigenvalue weighted by molar-refractivity contribution is 9.10. The zero-order chi connectivity index (χ0) is 16.7. The van der Waals surface area contributed by atoms with Gasteiger partial charge in [0.2, 0.25) is 0 Å². The van der Waals surface area contributed by atoms with Gasteiger partial charge in [-0.25, -0.2) is 0 Å². The number of benzene rings is 3. The molecule has 0 radical (unpaired) electrons. The largest absolute Gasteiger partial charge is 0.508 e. The minimum absolute atomic E-state index is 0.251. The van der Waals surface area contributed by atoms with Gasteiger partial charge in [0.15, 0.2) is 0 Å². The van der Waals surface area contributed by atoms with Crippen LogP contribution in [0, 0.1) is 0 Å². The zero-order valence-electron chi connectivity index (χ0n) is 12.8. The average molecular weight is 379 g/mol. The Morgan fingerprint density at radius 2 is 1.46 bits per heavy atom. The third-order valence-corrected chi connectivity index (χ3v) is 5.09. The molecular formula is C21H15BrO2. The van der Waals surface area contributed by atoms with Gasteiger partial charge in [-0.15, -0.1) is 0 Å². The summed E-state index contributed by atoms with van der Waals surface area (Å²) in [7, 11) is 0. The quantitative estimate of drug-likeness (QED) is 0.628. The molecule has 0 aromatic heterocycles. The number of rotatable bonds is 2. The summed E-state index contributed by atoms with van der Waals surface area (Å²) in [6.07, 6.45) is 0.783. The molecule has 2 N–H and O–H groups in total. The van der Waals surface area contributed by atoms with Gasteiger partial charge < -0.3 is 10.2 Å². The lowest BCUT2D eigenvalue weighted by Gasteiger charge is -2.10. The first-order valence-corrected chi connectivity index (χ1v) is 8.52. The molecule has 3 aromatic carbocycles. The fourth-order valence-corrected chi connectivity index (χ4v) is 3.88. The van der Waals surface area contributed by atoms with E-state index in [9.17, 15) is 10.2 Å². The van der Waals surface area contributed by atoms with Crippen LogP contribution in [0.1, 0.15) is 22.3 Å². The molecule has 0 amide bonds. The predicted molar refractivity (Wildman–Crippen MR) is 100.0 cm³/mol. The van der Waals surface area contributed by atoms with E-state index in [1.165, 1.54) is 11.1 Å². The van der Waals surface area contributed by atoms with Crippen molar-refractivity contribution in [2.45, 2.75) is 6.42 Å². The van der Waals surface area contributed by atoms with Crippen LogP contribution in [0.25, 0.3) is 11.1 Å². The molecular weight excluding hydrogens is 364 g/mol. The van der Waals surface area contributed by atoms with Gasteiger partial charge in [-0.3, -0.25) is 0 Å². The minimum atomic E-state index is 0.251. The van der Waals surface area contributed by atoms with Crippen LogP contribution in [0.5, 0.6) is 11.5 Å². The second-order valence-corrected chi connectivity index (χ2v) is 6.75. The van der Waals surface area contributed by atoms with E-state index >= 15 is 0 Å². The molecule has 118 valence electrons. The van der Waals surface area contributed by atoms with Crippen molar-refractivity contribution in [1.29, 1.82) is 0 Å². The Balaban J connectivity index is 1.98. The molecule has 0 saturated carbocycles. The summed E-state index contributed by atoms with van der Waals surface area (Å²) < 4.78 is 0.916. The average Bonchev–Trinajstić information content (AvgIpc) is 2.96. The van der Waals surface area contributed by atoms with Crippen molar-refractivity contribution >= 4 is 27.1 Å². The molecule has 0 heterocycles. The fourth-order valence-electron chi connectivity index (χ4n) is 3.30. The summed E-state index contributed by atoms with van der Waals surface area (Å²) in [5, 5.41) is 19.6. The summed E-state index contributed by atoms with van der Waals surface area (Å²) in [4.78, 5) is 0. The van der Waals surface area contributed by atoms with Crippen LogP contribution in [0.3, 0.4) is 0 Å². The third kappa shape index (κ3) is 2.51. The van der Waals surface area contributed by atoms with Crippen molar-refractivity contribution in [2.75, 3.05) is 0 Å². The highest BCUT2D eigenvalue weighted by atomic mass is 79.9. The number of hydrogen-bond acceptors (Lipinski definition) is 2. The maximum Gasteiger partial charge on any atom is 0.117 e. The van der Waals surface area contributed by atoms with Crippen LogP contribution in [-0.2, 0) is 6.42 Å². The maximum absolute atomic E-state index is 10.0. The molecule has 0 spiro atoms. The Morgan fingerprint density at radius 1 is 0.750 bits per heavy atom. The monoisotopic (exact) mass is 378 g/mol. The van der Waals surface area contributed by atoms with Crippen molar-refractivity contribution in [2.24, 2.45) is 0 Å². The van der Waals surface area contributed by atoms with Crippen molar-refractivity contribution in [3.8, 4) is 11.5 Å². The van der Waals surface area contributed by atoms with Crippen molar-refractivity contribution in [3.05, 3.63) is 93.5 Å². The number of phenolic OH excluding ortho intramolecular Hbond substituents is 2. The fraction of sp³-hybridized carbons (Fsp3) is 0.0476. The highest BCUT2D eigenvalue weighted by Gasteiger charge is 2.26. The van der Waals surface area contributed by atoms with Crippen molar-refractivity contribution in [3.63, 3.8) is 0 Å². The normalized spacial score (nSPS) is 13.2. The molecule has 1 aliphatic rings. The zero-order valence-corrected chi connectivity index (χ0v) is 14.4. The van der Waals surface area contributed by atoms with Gasteiger partial charge in [0.25, 0.3) is 0 Å². The maximum atomic E-state index is 10.0. The summed E-state index contributed by atoms with van der Waals surface area (Å²) in [6.45, 7) is 0. The molecule has 0 unspecified atom stereocenters. The van der Waals surface area contributed by atoms with E-state index in [4.69, 9.17) is 0 Å². The molecule has 0 atom stereocenters. The highest BCUT2D eigenvalue weighted by Crippen LogP contribution is 2.46. The number of hydrogen-bond donors (Lipinski definition) is 2. The van der Waals surface area contributed by atoms with Gasteiger partial charge in [0.1, 0.15) is 11.5 Å². The van der Waals surface area contributed by atoms with E-state index in [0.717, 1.165) is 33.2 Å². The van der Waals surface area contributed by atoms with Crippen LogP contribution in [-0.4, -0.2) is 10.2 Å². The lowest BCUT2D eigenvalue weighted by molar-refractivity contribution is 0.474. The SMILES string of the molecule is Oc1ccc(C2=C(c3ccccc3)c3cc(O)cc(Br)c3C2)cc1. The van der Waals surface area contributed by atoms with Gasteiger partial charge in [-0.1, -0.05) is 58.4 Å². The van der Waals surface area contributed by atoms with Crippen LogP contribution in [0.15, 0.2) is 71.2 Å². The molecule has 3 aromatic rings. The van der Waals surface area contributed by atoms with Gasteiger partial charge in [0.05, 0.1) is 0 Å². The molecule has 2 nitrogen and oxygen atoms in total. The number of aromatic hydroxyl groups is 2. The summed E-state index contributed by atoms with van der Waals surface area (Å²) in [5.74, 6) is 0.510. The summed E-state index contributed by atoms with van der Waals surface area (Å²) >= 11 is 3.58. The molecule has 24 heavy (non-hydrogen) atoms. The number of halogens is 1. The number of fused-ring (bicyclic) bond motifs is 1. The Hall–Kier alpha value is -2.52. The van der Waals surface area contributed by atoms with Crippen LogP contribution >= 0.6 is 15.9 Å². The molecule has 4 rings (SSSR count). The standard InChI is InChI=1S/C21H15BrO2/c22-20-11-16(24)10-19-18(20)12-17(13-6-8-15(23)9-7-13)21(19)14-4-2-1-3-5-14/h1-11,23-24H,12H2. The molecule has 0 fully saturated rings. The second kappa shape index (κ2) is 5.84. The summed E-state index contributed by atoms with van der Waals surface area (Å²) in [6, 6.07) is 21.1. The van der Waals surface area contributed by atoms with E-state index in [2.05, 4.69) is 28.1 Å². The van der Waals surface area contributed by atoms with E-state index in [0.29, 0.717) is 0 Å². The topological polar surface area (TPSA) is 40.5 Å². The summed E-state index contributed by atoms with van der Waals surface area (Å²) in [5.41, 5.74) is 6.76. The Labute approximate surface area is 148 Å². The lowest BCUT2D eigenvalue weighted by atomic mass is 9.94. The molecule has 0 aliphatic heterocycles. The Kier molecular flexibility index (Phi) is 3.66. The van der Waals surface area contributed by atoms with E-state index in [-0.39, 0.29) is 11.5 Å². The number of phenols is 2. The van der Waals surface area contributed by atoms with Gasteiger partial charge in [0, 0.05) is 10.9 Å². The smallest absolute Gasteiger partial charge is 0.117 e. The first-order valence-electron chi connectivity index (χ1n) is 7.73. The van der Waals surface area contributed by atoms with E-state index < -0.39 is 0 Å². The van der Waals surface area contributed by atoms with Crippen LogP contribution in [0.2, 0.25) is 0 Å². The number of allylic oxidation sites excluding steroid dienone is 1. The lowest BCUT2D eigenvalue weighted by Crippen LogP contribution is -1.89. The van der Waals surface area contributed by atoms with Gasteiger partial charge >= 0.3 is 0 Å². The van der Waals surface area contributed by atoms with Gasteiger partial charge in [-0.05, 0) is 57.7 Å². The van der Waals surface area contributed by atoms with Crippen LogP contribution in [0.4, 0.5) is 0 Å². The van der Waals surface area contributed by atoms with E-state index in [1.54, 1.807) is 18.2 Å². The Morgan fingerprint density at radius 3 is 2.17 bits per heavy atom. The van der Waals surface area contributed by atoms with Crippen molar-refractivity contribution in [1.82, 2.24) is 0 Å². The predicted octanol–water partition coefficient (Wildman–Crippen LogP) is 5.38. The molecule has 1 aliphatic carbocycles. The third-order valence-electron chi connectivity index (χ3n) is 4.38. The molecule has 0 bridgehead atoms. The second-order valence-electron chi connectivity index (χ2n) is 5.90. The van der Waals surface area contributed by atoms with E-state index in [1.807, 2.05) is 36.4 Å². The first kappa shape index (κ1) is 15.0. The molecule has 0 saturated heterocycles. The van der Waals surface area contributed by atoms with Crippen LogP contribution < -0.4 is 0 Å². The molecule has 3 heteroatoms. The van der Waals surface area contributed by atoms with Gasteiger partial charge in [-0.2, -0.15) is 0 Å². The first-order chi connectivity index (χ1) is 11.6.